The number of morpholine rings is 1. The van der Waals surface area contributed by atoms with Crippen LogP contribution < -0.4 is 10.3 Å². The molecule has 0 radical (unpaired) electrons. The minimum Gasteiger partial charge on any atom is -0.496 e. The molecule has 0 unspecified atom stereocenters. The molecule has 1 fully saturated rings. The van der Waals surface area contributed by atoms with Gasteiger partial charge in [0, 0.05) is 40.8 Å². The molecule has 6 rings (SSSR count). The van der Waals surface area contributed by atoms with Crippen molar-refractivity contribution in [1.29, 1.82) is 0 Å². The zero-order valence-corrected chi connectivity index (χ0v) is 25.8. The van der Waals surface area contributed by atoms with E-state index in [4.69, 9.17) is 19.6 Å². The van der Waals surface area contributed by atoms with Crippen molar-refractivity contribution in [2.75, 3.05) is 33.4 Å². The van der Waals surface area contributed by atoms with E-state index in [-0.39, 0.29) is 23.9 Å². The number of carbonyl (C=O) groups is 1. The number of aromatic nitrogens is 3. The third-order valence-electron chi connectivity index (χ3n) is 8.43. The lowest BCUT2D eigenvalue weighted by atomic mass is 9.96. The van der Waals surface area contributed by atoms with E-state index in [1.165, 1.54) is 4.68 Å². The van der Waals surface area contributed by atoms with Crippen molar-refractivity contribution in [2.45, 2.75) is 40.2 Å². The fourth-order valence-corrected chi connectivity index (χ4v) is 5.96. The van der Waals surface area contributed by atoms with E-state index in [0.29, 0.717) is 43.0 Å². The molecule has 1 aliphatic rings. The van der Waals surface area contributed by atoms with Gasteiger partial charge >= 0.3 is 0 Å². The Balaban J connectivity index is 1.50. The number of hydrogen-bond donors (Lipinski definition) is 0. The zero-order valence-electron chi connectivity index (χ0n) is 25.8. The maximum atomic E-state index is 14.0. The summed E-state index contributed by atoms with van der Waals surface area (Å²) in [6.45, 7) is 10.7. The Bertz CT molecular complexity index is 1960. The van der Waals surface area contributed by atoms with Gasteiger partial charge < -0.3 is 18.9 Å². The first-order valence-electron chi connectivity index (χ1n) is 15.0. The van der Waals surface area contributed by atoms with Crippen LogP contribution in [0.5, 0.6) is 5.75 Å². The highest BCUT2D eigenvalue weighted by molar-refractivity contribution is 6.01. The van der Waals surface area contributed by atoms with E-state index < -0.39 is 0 Å². The number of carbonyl (C=O) groups excluding carboxylic acids is 1. The molecule has 0 N–H and O–H groups in total. The minimum atomic E-state index is -0.257. The molecule has 1 aliphatic heterocycles. The lowest BCUT2D eigenvalue weighted by Gasteiger charge is -2.27. The van der Waals surface area contributed by atoms with E-state index in [1.807, 2.05) is 71.8 Å². The Morgan fingerprint density at radius 3 is 2.48 bits per heavy atom. The average Bonchev–Trinajstić information content (AvgIpc) is 3.30. The van der Waals surface area contributed by atoms with Gasteiger partial charge in [-0.05, 0) is 61.2 Å². The standard InChI is InChI=1S/C35H37N5O4/c1-22(2)27-19-28(23(3)18-32(27)43-5)34-37-30-12-8-6-11-26(30)35(42)40(34)36-20-29-24(4)39(31-13-9-7-10-25(29)31)21-33(41)38-14-16-44-17-15-38/h6-13,18-20,22H,14-17,21H2,1-5H3. The Morgan fingerprint density at radius 1 is 1.05 bits per heavy atom. The molecular formula is C35H37N5O4. The summed E-state index contributed by atoms with van der Waals surface area (Å²) in [7, 11) is 1.67. The first kappa shape index (κ1) is 29.3. The quantitative estimate of drug-likeness (QED) is 0.233. The number of amides is 1. The minimum absolute atomic E-state index is 0.0498. The smallest absolute Gasteiger partial charge is 0.282 e. The van der Waals surface area contributed by atoms with Gasteiger partial charge in [0.1, 0.15) is 12.3 Å². The number of fused-ring (bicyclic) bond motifs is 2. The first-order valence-corrected chi connectivity index (χ1v) is 15.0. The first-order chi connectivity index (χ1) is 21.3. The maximum absolute atomic E-state index is 14.0. The van der Waals surface area contributed by atoms with Crippen molar-refractivity contribution in [3.05, 3.63) is 93.4 Å². The number of nitrogens with zero attached hydrogens (tertiary/aromatic N) is 5. The third-order valence-corrected chi connectivity index (χ3v) is 8.43. The van der Waals surface area contributed by atoms with Crippen molar-refractivity contribution >= 4 is 33.9 Å². The number of aryl methyl sites for hydroxylation is 1. The Kier molecular flexibility index (Phi) is 8.05. The molecule has 226 valence electrons. The lowest BCUT2D eigenvalue weighted by molar-refractivity contribution is -0.135. The summed E-state index contributed by atoms with van der Waals surface area (Å²) in [5, 5.41) is 6.25. The summed E-state index contributed by atoms with van der Waals surface area (Å²) in [6, 6.07) is 19.3. The van der Waals surface area contributed by atoms with E-state index in [1.54, 1.807) is 19.4 Å². The highest BCUT2D eigenvalue weighted by Crippen LogP contribution is 2.34. The van der Waals surface area contributed by atoms with Crippen molar-refractivity contribution < 1.29 is 14.3 Å². The number of hydrogen-bond acceptors (Lipinski definition) is 6. The van der Waals surface area contributed by atoms with Crippen LogP contribution in [-0.2, 0) is 16.1 Å². The maximum Gasteiger partial charge on any atom is 0.282 e. The van der Waals surface area contributed by atoms with Gasteiger partial charge in [-0.15, -0.1) is 0 Å². The number of benzene rings is 3. The van der Waals surface area contributed by atoms with Crippen LogP contribution >= 0.6 is 0 Å². The number of ether oxygens (including phenoxy) is 2. The summed E-state index contributed by atoms with van der Waals surface area (Å²) in [5.74, 6) is 1.50. The second-order valence-electron chi connectivity index (χ2n) is 11.5. The summed E-state index contributed by atoms with van der Waals surface area (Å²) in [4.78, 5) is 34.0. The summed E-state index contributed by atoms with van der Waals surface area (Å²) in [5.41, 5.74) is 5.77. The van der Waals surface area contributed by atoms with Gasteiger partial charge in [-0.2, -0.15) is 9.78 Å². The molecule has 44 heavy (non-hydrogen) atoms. The fourth-order valence-electron chi connectivity index (χ4n) is 5.96. The molecule has 3 heterocycles. The van der Waals surface area contributed by atoms with Crippen LogP contribution in [0.1, 0.15) is 42.1 Å². The van der Waals surface area contributed by atoms with Crippen LogP contribution in [0.4, 0.5) is 0 Å². The highest BCUT2D eigenvalue weighted by atomic mass is 16.5. The summed E-state index contributed by atoms with van der Waals surface area (Å²) >= 11 is 0. The zero-order chi connectivity index (χ0) is 31.0. The van der Waals surface area contributed by atoms with E-state index >= 15 is 0 Å². The van der Waals surface area contributed by atoms with Gasteiger partial charge in [-0.1, -0.05) is 44.2 Å². The molecular weight excluding hydrogens is 554 g/mol. The second-order valence-corrected chi connectivity index (χ2v) is 11.5. The highest BCUT2D eigenvalue weighted by Gasteiger charge is 2.22. The molecule has 9 nitrogen and oxygen atoms in total. The number of methoxy groups -OCH3 is 1. The van der Waals surface area contributed by atoms with Crippen molar-refractivity contribution in [3.8, 4) is 17.1 Å². The van der Waals surface area contributed by atoms with E-state index in [9.17, 15) is 9.59 Å². The van der Waals surface area contributed by atoms with Crippen LogP contribution in [0.2, 0.25) is 0 Å². The fraction of sp³-hybridized carbons (Fsp3) is 0.314. The van der Waals surface area contributed by atoms with Crippen LogP contribution in [-0.4, -0.2) is 64.7 Å². The molecule has 1 amide bonds. The molecule has 0 atom stereocenters. The Hall–Kier alpha value is -4.76. The second kappa shape index (κ2) is 12.1. The topological polar surface area (TPSA) is 90.9 Å². The largest absolute Gasteiger partial charge is 0.496 e. The molecule has 0 aliphatic carbocycles. The SMILES string of the molecule is COc1cc(C)c(-c2nc3ccccc3c(=O)n2N=Cc2c(C)n(CC(=O)N3CCOCC3)c3ccccc23)cc1C(C)C. The number of rotatable bonds is 7. The summed E-state index contributed by atoms with van der Waals surface area (Å²) < 4.78 is 14.5. The van der Waals surface area contributed by atoms with Crippen LogP contribution in [0.15, 0.2) is 70.6 Å². The normalized spacial score (nSPS) is 13.9. The monoisotopic (exact) mass is 591 g/mol. The lowest BCUT2D eigenvalue weighted by Crippen LogP contribution is -2.42. The molecule has 1 saturated heterocycles. The third kappa shape index (κ3) is 5.28. The van der Waals surface area contributed by atoms with Gasteiger partial charge in [0.25, 0.3) is 5.56 Å². The molecule has 2 aromatic heterocycles. The van der Waals surface area contributed by atoms with E-state index in [0.717, 1.165) is 44.6 Å². The predicted octanol–water partition coefficient (Wildman–Crippen LogP) is 5.51. The molecule has 0 spiro atoms. The predicted molar refractivity (Wildman–Crippen MR) is 174 cm³/mol. The Labute approximate surface area is 256 Å². The van der Waals surface area contributed by atoms with Crippen molar-refractivity contribution in [3.63, 3.8) is 0 Å². The molecule has 3 aromatic carbocycles. The Morgan fingerprint density at radius 2 is 1.75 bits per heavy atom. The van der Waals surface area contributed by atoms with Gasteiger partial charge in [-0.25, -0.2) is 4.98 Å². The number of para-hydroxylation sites is 2. The molecule has 5 aromatic rings. The van der Waals surface area contributed by atoms with Crippen molar-refractivity contribution in [2.24, 2.45) is 5.10 Å². The van der Waals surface area contributed by atoms with Gasteiger partial charge in [0.2, 0.25) is 5.91 Å². The average molecular weight is 592 g/mol. The molecule has 0 bridgehead atoms. The molecule has 0 saturated carbocycles. The van der Waals surface area contributed by atoms with Crippen LogP contribution in [0.25, 0.3) is 33.2 Å². The van der Waals surface area contributed by atoms with Gasteiger partial charge in [0.15, 0.2) is 5.82 Å². The molecule has 9 heteroatoms. The van der Waals surface area contributed by atoms with Crippen molar-refractivity contribution in [1.82, 2.24) is 19.1 Å². The van der Waals surface area contributed by atoms with E-state index in [2.05, 4.69) is 19.9 Å². The summed E-state index contributed by atoms with van der Waals surface area (Å²) in [6.07, 6.45) is 1.72. The van der Waals surface area contributed by atoms with Crippen LogP contribution in [0.3, 0.4) is 0 Å². The van der Waals surface area contributed by atoms with Gasteiger partial charge in [-0.3, -0.25) is 9.59 Å². The van der Waals surface area contributed by atoms with Gasteiger partial charge in [0.05, 0.1) is 37.4 Å². The van der Waals surface area contributed by atoms with Crippen LogP contribution in [0, 0.1) is 13.8 Å².